The number of carbonyl (C=O) groups excluding carboxylic acids is 1. The lowest BCUT2D eigenvalue weighted by atomic mass is 9.93. The number of halogens is 8. The van der Waals surface area contributed by atoms with Crippen LogP contribution in [0.1, 0.15) is 5.56 Å². The summed E-state index contributed by atoms with van der Waals surface area (Å²) in [6.45, 7) is -0.00778. The van der Waals surface area contributed by atoms with Crippen LogP contribution in [0.25, 0.3) is 10.9 Å². The van der Waals surface area contributed by atoms with E-state index < -0.39 is 41.5 Å². The zero-order valence-electron chi connectivity index (χ0n) is 21.9. The molecule has 2 N–H and O–H groups in total. The van der Waals surface area contributed by atoms with E-state index in [2.05, 4.69) is 4.98 Å². The van der Waals surface area contributed by atoms with Crippen molar-refractivity contribution in [2.24, 2.45) is 0 Å². The summed E-state index contributed by atoms with van der Waals surface area (Å²) in [4.78, 5) is 37.6. The molecule has 0 spiro atoms. The number of carboxylic acid groups (broad SMARTS) is 2. The van der Waals surface area contributed by atoms with E-state index in [1.54, 1.807) is 4.90 Å². The number of carbonyl (C=O) groups is 3. The van der Waals surface area contributed by atoms with Gasteiger partial charge in [-0.05, 0) is 12.1 Å². The number of aliphatic carboxylic acids is 2. The van der Waals surface area contributed by atoms with Crippen LogP contribution in [-0.2, 0) is 25.7 Å². The number of aromatic nitrogens is 1. The number of rotatable bonds is 6. The van der Waals surface area contributed by atoms with E-state index in [1.165, 1.54) is 19.1 Å². The predicted octanol–water partition coefficient (Wildman–Crippen LogP) is 3.23. The summed E-state index contributed by atoms with van der Waals surface area (Å²) < 4.78 is 105. The molecule has 0 radical (unpaired) electrons. The molecule has 1 aromatic carbocycles. The fourth-order valence-electron chi connectivity index (χ4n) is 4.21. The largest absolute Gasteiger partial charge is 0.490 e. The van der Waals surface area contributed by atoms with E-state index in [4.69, 9.17) is 29.3 Å². The molecule has 10 nitrogen and oxygen atoms in total. The summed E-state index contributed by atoms with van der Waals surface area (Å²) in [7, 11) is 3.01. The Labute approximate surface area is 232 Å². The molecule has 2 aliphatic heterocycles. The molecule has 1 aromatic heterocycles. The molecule has 1 amide bonds. The van der Waals surface area contributed by atoms with E-state index in [9.17, 15) is 31.1 Å². The van der Waals surface area contributed by atoms with Crippen LogP contribution in [0.3, 0.4) is 0 Å². The van der Waals surface area contributed by atoms with Crippen molar-refractivity contribution in [3.8, 4) is 5.88 Å². The van der Waals surface area contributed by atoms with Crippen LogP contribution in [0.5, 0.6) is 5.88 Å². The van der Waals surface area contributed by atoms with Gasteiger partial charge in [-0.2, -0.15) is 26.3 Å². The molecule has 2 aliphatic rings. The Balaban J connectivity index is 0.000000367. The SMILES string of the molecule is COCCN1C[C@@]2(F)CN(Cc3cc4ccccc4nc3OC)C[C@@]2(F)C1=O.O=C(O)C(F)(F)F.O=C(O)C(F)(F)F. The van der Waals surface area contributed by atoms with E-state index in [-0.39, 0.29) is 39.3 Å². The molecular formula is C24H25F8N3O7. The molecule has 18 heteroatoms. The first-order chi connectivity index (χ1) is 19.3. The van der Waals surface area contributed by atoms with Gasteiger partial charge >= 0.3 is 24.3 Å². The number of alkyl halides is 8. The minimum absolute atomic E-state index is 0.158. The number of para-hydroxylation sites is 1. The highest BCUT2D eigenvalue weighted by atomic mass is 19.4. The predicted molar refractivity (Wildman–Crippen MR) is 127 cm³/mol. The van der Waals surface area contributed by atoms with Gasteiger partial charge in [0.15, 0.2) is 5.67 Å². The molecule has 0 bridgehead atoms. The smallest absolute Gasteiger partial charge is 0.481 e. The van der Waals surface area contributed by atoms with Crippen LogP contribution in [-0.4, -0.2) is 114 Å². The highest BCUT2D eigenvalue weighted by Crippen LogP contribution is 2.46. The van der Waals surface area contributed by atoms with Crippen molar-refractivity contribution >= 4 is 28.7 Å². The van der Waals surface area contributed by atoms with Gasteiger partial charge in [0.25, 0.3) is 5.91 Å². The van der Waals surface area contributed by atoms with Crippen molar-refractivity contribution in [2.75, 3.05) is 47.0 Å². The monoisotopic (exact) mass is 619 g/mol. The van der Waals surface area contributed by atoms with Crippen molar-refractivity contribution in [1.82, 2.24) is 14.8 Å². The lowest BCUT2D eigenvalue weighted by molar-refractivity contribution is -0.193. The van der Waals surface area contributed by atoms with Gasteiger partial charge in [-0.25, -0.2) is 23.4 Å². The number of likely N-dealkylation sites (tertiary alicyclic amines) is 2. The maximum Gasteiger partial charge on any atom is 0.490 e. The third-order valence-electron chi connectivity index (χ3n) is 6.09. The van der Waals surface area contributed by atoms with Crippen LogP contribution in [0.15, 0.2) is 30.3 Å². The number of carboxylic acids is 2. The highest BCUT2D eigenvalue weighted by molar-refractivity contribution is 5.90. The number of hydrogen-bond donors (Lipinski definition) is 2. The summed E-state index contributed by atoms with van der Waals surface area (Å²) in [6.07, 6.45) is -10.2. The van der Waals surface area contributed by atoms with Crippen LogP contribution in [0.2, 0.25) is 0 Å². The number of methoxy groups -OCH3 is 2. The van der Waals surface area contributed by atoms with Crippen LogP contribution in [0.4, 0.5) is 35.1 Å². The summed E-state index contributed by atoms with van der Waals surface area (Å²) in [6, 6.07) is 9.51. The Kier molecular flexibility index (Phi) is 10.7. The summed E-state index contributed by atoms with van der Waals surface area (Å²) >= 11 is 0. The number of fused-ring (bicyclic) bond motifs is 2. The first kappa shape index (κ1) is 34.4. The van der Waals surface area contributed by atoms with Gasteiger partial charge in [-0.1, -0.05) is 18.2 Å². The molecule has 0 aliphatic carbocycles. The van der Waals surface area contributed by atoms with E-state index >= 15 is 8.78 Å². The van der Waals surface area contributed by atoms with Crippen LogP contribution in [0, 0.1) is 0 Å². The lowest BCUT2D eigenvalue weighted by Gasteiger charge is -2.22. The van der Waals surface area contributed by atoms with E-state index in [0.717, 1.165) is 16.5 Å². The minimum atomic E-state index is -5.08. The molecule has 2 aromatic rings. The van der Waals surface area contributed by atoms with Crippen molar-refractivity contribution in [2.45, 2.75) is 30.2 Å². The number of pyridine rings is 1. The van der Waals surface area contributed by atoms with Gasteiger partial charge in [-0.3, -0.25) is 9.69 Å². The fourth-order valence-corrected chi connectivity index (χ4v) is 4.21. The quantitative estimate of drug-likeness (QED) is 0.469. The van der Waals surface area contributed by atoms with Gasteiger partial charge in [-0.15, -0.1) is 0 Å². The minimum Gasteiger partial charge on any atom is -0.481 e. The van der Waals surface area contributed by atoms with Gasteiger partial charge < -0.3 is 24.6 Å². The molecule has 42 heavy (non-hydrogen) atoms. The topological polar surface area (TPSA) is 130 Å². The summed E-state index contributed by atoms with van der Waals surface area (Å²) in [5.74, 6) is -5.89. The van der Waals surface area contributed by atoms with Crippen molar-refractivity contribution in [3.05, 3.63) is 35.9 Å². The molecule has 234 valence electrons. The first-order valence-electron chi connectivity index (χ1n) is 11.7. The zero-order chi connectivity index (χ0) is 32.1. The second-order valence-corrected chi connectivity index (χ2v) is 9.09. The Morgan fingerprint density at radius 2 is 1.52 bits per heavy atom. The molecule has 0 unspecified atom stereocenters. The first-order valence-corrected chi connectivity index (χ1v) is 11.7. The molecule has 0 saturated carbocycles. The maximum atomic E-state index is 15.4. The molecule has 2 saturated heterocycles. The second-order valence-electron chi connectivity index (χ2n) is 9.09. The van der Waals surface area contributed by atoms with Gasteiger partial charge in [0.05, 0.1) is 25.8 Å². The average Bonchev–Trinajstić information content (AvgIpc) is 3.24. The van der Waals surface area contributed by atoms with E-state index in [1.807, 2.05) is 30.3 Å². The number of hydrogen-bond acceptors (Lipinski definition) is 7. The van der Waals surface area contributed by atoms with Crippen molar-refractivity contribution in [1.29, 1.82) is 0 Å². The maximum absolute atomic E-state index is 15.4. The van der Waals surface area contributed by atoms with Crippen LogP contribution < -0.4 is 4.74 Å². The van der Waals surface area contributed by atoms with E-state index in [0.29, 0.717) is 5.88 Å². The molecule has 2 atom stereocenters. The third kappa shape index (κ3) is 7.93. The number of amides is 1. The standard InChI is InChI=1S/C20H23F2N3O3.2C2HF3O2/c1-27-8-7-25-12-19(21)11-24(13-20(19,22)18(25)26)10-15-9-14-5-3-4-6-16(14)23-17(15)28-2;2*3-2(4,5)1(6)7/h3-6,9H,7-8,10-13H2,1-2H3;2*(H,6,7)/t19-,20+;;/m0../s1. The van der Waals surface area contributed by atoms with Gasteiger partial charge in [0, 0.05) is 44.2 Å². The Morgan fingerprint density at radius 3 is 2.00 bits per heavy atom. The zero-order valence-corrected chi connectivity index (χ0v) is 21.9. The van der Waals surface area contributed by atoms with Crippen LogP contribution >= 0.6 is 0 Å². The Bertz CT molecular complexity index is 1270. The molecule has 4 rings (SSSR count). The normalized spacial score (nSPS) is 22.1. The highest BCUT2D eigenvalue weighted by Gasteiger charge is 2.70. The molecular weight excluding hydrogens is 594 g/mol. The average molecular weight is 619 g/mol. The number of nitrogens with zero attached hydrogens (tertiary/aromatic N) is 3. The second kappa shape index (κ2) is 13.0. The van der Waals surface area contributed by atoms with Crippen molar-refractivity contribution < 1.29 is 69.2 Å². The Morgan fingerprint density at radius 1 is 0.976 bits per heavy atom. The van der Waals surface area contributed by atoms with Gasteiger partial charge in [0.1, 0.15) is 0 Å². The molecule has 2 fully saturated rings. The fraction of sp³-hybridized carbons (Fsp3) is 0.500. The van der Waals surface area contributed by atoms with Crippen molar-refractivity contribution in [3.63, 3.8) is 0 Å². The summed E-state index contributed by atoms with van der Waals surface area (Å²) in [5, 5.41) is 15.2. The van der Waals surface area contributed by atoms with Gasteiger partial charge in [0.2, 0.25) is 11.5 Å². The number of ether oxygens (including phenoxy) is 2. The summed E-state index contributed by atoms with van der Waals surface area (Å²) in [5.41, 5.74) is -3.24. The number of benzene rings is 1. The molecule has 3 heterocycles. The lowest BCUT2D eigenvalue weighted by Crippen LogP contribution is -2.47. The Hall–Kier alpha value is -3.80. The third-order valence-corrected chi connectivity index (χ3v) is 6.09.